The zero-order valence-electron chi connectivity index (χ0n) is 16.3. The van der Waals surface area contributed by atoms with E-state index in [0.717, 1.165) is 51.1 Å². The Morgan fingerprint density at radius 1 is 1.07 bits per heavy atom. The van der Waals surface area contributed by atoms with Crippen molar-refractivity contribution in [2.24, 2.45) is 7.05 Å². The molecule has 4 rings (SSSR count). The number of aryl methyl sites for hydroxylation is 1. The summed E-state index contributed by atoms with van der Waals surface area (Å²) in [7, 11) is 2.03. The van der Waals surface area contributed by atoms with Crippen LogP contribution in [0.4, 0.5) is 0 Å². The van der Waals surface area contributed by atoms with E-state index >= 15 is 0 Å². The second kappa shape index (κ2) is 8.26. The van der Waals surface area contributed by atoms with Crippen molar-refractivity contribution in [3.05, 3.63) is 53.3 Å². The first-order valence-corrected chi connectivity index (χ1v) is 10.3. The zero-order valence-corrected chi connectivity index (χ0v) is 16.3. The molecule has 5 nitrogen and oxygen atoms in total. The summed E-state index contributed by atoms with van der Waals surface area (Å²) in [5.41, 5.74) is 3.44. The summed E-state index contributed by atoms with van der Waals surface area (Å²) < 4.78 is 2.01. The Bertz CT molecular complexity index is 770. The monoisotopic (exact) mass is 366 g/mol. The van der Waals surface area contributed by atoms with Crippen LogP contribution >= 0.6 is 0 Å². The molecule has 2 fully saturated rings. The standard InChI is InChI=1S/C22H30N4O/c1-24-21(8-11-23-24)19-9-14-25(15-10-19)17-18-6-5-7-20(16-18)22(27)26-12-3-2-4-13-26/h5-8,11,16,19H,2-4,9-10,12-15,17H2,1H3. The van der Waals surface area contributed by atoms with Gasteiger partial charge in [-0.25, -0.2) is 0 Å². The Kier molecular flexibility index (Phi) is 5.58. The van der Waals surface area contributed by atoms with Crippen LogP contribution in [-0.2, 0) is 13.6 Å². The van der Waals surface area contributed by atoms with Crippen molar-refractivity contribution in [3.8, 4) is 0 Å². The quantitative estimate of drug-likeness (QED) is 0.832. The minimum Gasteiger partial charge on any atom is -0.339 e. The number of likely N-dealkylation sites (tertiary alicyclic amines) is 2. The summed E-state index contributed by atoms with van der Waals surface area (Å²) in [6.45, 7) is 4.94. The first kappa shape index (κ1) is 18.2. The molecule has 0 unspecified atom stereocenters. The van der Waals surface area contributed by atoms with Crippen molar-refractivity contribution in [3.63, 3.8) is 0 Å². The maximum absolute atomic E-state index is 12.8. The highest BCUT2D eigenvalue weighted by Crippen LogP contribution is 2.28. The second-order valence-electron chi connectivity index (χ2n) is 7.98. The normalized spacial score (nSPS) is 19.4. The summed E-state index contributed by atoms with van der Waals surface area (Å²) >= 11 is 0. The molecule has 1 amide bonds. The number of rotatable bonds is 4. The van der Waals surface area contributed by atoms with Crippen molar-refractivity contribution in [2.75, 3.05) is 26.2 Å². The highest BCUT2D eigenvalue weighted by molar-refractivity contribution is 5.94. The van der Waals surface area contributed by atoms with Crippen LogP contribution < -0.4 is 0 Å². The molecule has 1 aromatic carbocycles. The van der Waals surface area contributed by atoms with Gasteiger partial charge in [-0.3, -0.25) is 14.4 Å². The Balaban J connectivity index is 1.35. The topological polar surface area (TPSA) is 41.4 Å². The molecule has 3 heterocycles. The summed E-state index contributed by atoms with van der Waals surface area (Å²) in [6, 6.07) is 10.4. The lowest BCUT2D eigenvalue weighted by atomic mass is 9.93. The molecule has 1 aromatic heterocycles. The number of carbonyl (C=O) groups excluding carboxylic acids is 1. The minimum atomic E-state index is 0.200. The molecule has 0 aliphatic carbocycles. The number of nitrogens with zero attached hydrogens (tertiary/aromatic N) is 4. The zero-order chi connectivity index (χ0) is 18.6. The lowest BCUT2D eigenvalue weighted by Crippen LogP contribution is -2.35. The van der Waals surface area contributed by atoms with E-state index in [2.05, 4.69) is 28.2 Å². The number of hydrogen-bond donors (Lipinski definition) is 0. The van der Waals surface area contributed by atoms with Gasteiger partial charge in [-0.2, -0.15) is 5.10 Å². The SMILES string of the molecule is Cn1nccc1C1CCN(Cc2cccc(C(=O)N3CCCCC3)c2)CC1. The van der Waals surface area contributed by atoms with Crippen LogP contribution in [0, 0.1) is 0 Å². The van der Waals surface area contributed by atoms with Gasteiger partial charge in [-0.1, -0.05) is 12.1 Å². The molecular weight excluding hydrogens is 336 g/mol. The van der Waals surface area contributed by atoms with Crippen LogP contribution in [0.15, 0.2) is 36.5 Å². The molecule has 2 aromatic rings. The maximum atomic E-state index is 12.8. The van der Waals surface area contributed by atoms with E-state index in [0.29, 0.717) is 5.92 Å². The third kappa shape index (κ3) is 4.24. The van der Waals surface area contributed by atoms with Gasteiger partial charge < -0.3 is 4.90 Å². The molecule has 0 saturated carbocycles. The van der Waals surface area contributed by atoms with E-state index in [1.165, 1.54) is 30.5 Å². The van der Waals surface area contributed by atoms with Gasteiger partial charge in [-0.15, -0.1) is 0 Å². The maximum Gasteiger partial charge on any atom is 0.253 e. The first-order chi connectivity index (χ1) is 13.2. The van der Waals surface area contributed by atoms with Crippen LogP contribution in [0.1, 0.15) is 59.6 Å². The van der Waals surface area contributed by atoms with Gasteiger partial charge in [0.05, 0.1) is 0 Å². The largest absolute Gasteiger partial charge is 0.339 e. The van der Waals surface area contributed by atoms with Crippen molar-refractivity contribution >= 4 is 5.91 Å². The predicted octanol–water partition coefficient (Wildman–Crippen LogP) is 3.43. The summed E-state index contributed by atoms with van der Waals surface area (Å²) in [4.78, 5) is 17.3. The predicted molar refractivity (Wildman–Crippen MR) is 107 cm³/mol. The Morgan fingerprint density at radius 2 is 1.85 bits per heavy atom. The van der Waals surface area contributed by atoms with Crippen LogP contribution in [-0.4, -0.2) is 51.7 Å². The van der Waals surface area contributed by atoms with E-state index in [1.54, 1.807) is 0 Å². The molecule has 27 heavy (non-hydrogen) atoms. The van der Waals surface area contributed by atoms with E-state index in [4.69, 9.17) is 0 Å². The highest BCUT2D eigenvalue weighted by Gasteiger charge is 2.23. The van der Waals surface area contributed by atoms with Crippen molar-refractivity contribution < 1.29 is 4.79 Å². The number of piperidine rings is 2. The fourth-order valence-corrected chi connectivity index (χ4v) is 4.51. The van der Waals surface area contributed by atoms with E-state index < -0.39 is 0 Å². The van der Waals surface area contributed by atoms with Crippen LogP contribution in [0.5, 0.6) is 0 Å². The molecule has 0 atom stereocenters. The molecule has 0 radical (unpaired) electrons. The highest BCUT2D eigenvalue weighted by atomic mass is 16.2. The van der Waals surface area contributed by atoms with Crippen molar-refractivity contribution in [2.45, 2.75) is 44.6 Å². The van der Waals surface area contributed by atoms with Gasteiger partial charge in [0.2, 0.25) is 0 Å². The van der Waals surface area contributed by atoms with Crippen molar-refractivity contribution in [1.29, 1.82) is 0 Å². The smallest absolute Gasteiger partial charge is 0.253 e. The Morgan fingerprint density at radius 3 is 2.56 bits per heavy atom. The lowest BCUT2D eigenvalue weighted by molar-refractivity contribution is 0.0724. The fraction of sp³-hybridized carbons (Fsp3) is 0.545. The van der Waals surface area contributed by atoms with Gasteiger partial charge in [0.1, 0.15) is 0 Å². The van der Waals surface area contributed by atoms with E-state index in [9.17, 15) is 4.79 Å². The Labute approximate surface area is 162 Å². The van der Waals surface area contributed by atoms with Crippen LogP contribution in [0.3, 0.4) is 0 Å². The average molecular weight is 367 g/mol. The minimum absolute atomic E-state index is 0.200. The molecule has 0 spiro atoms. The molecule has 0 bridgehead atoms. The number of amides is 1. The number of carbonyl (C=O) groups is 1. The van der Waals surface area contributed by atoms with Gasteiger partial charge in [0.25, 0.3) is 5.91 Å². The number of aromatic nitrogens is 2. The summed E-state index contributed by atoms with van der Waals surface area (Å²) in [5.74, 6) is 0.812. The molecule has 2 aliphatic rings. The van der Waals surface area contributed by atoms with Crippen LogP contribution in [0.2, 0.25) is 0 Å². The summed E-state index contributed by atoms with van der Waals surface area (Å²) in [6.07, 6.45) is 7.76. The van der Waals surface area contributed by atoms with Gasteiger partial charge in [0.15, 0.2) is 0 Å². The van der Waals surface area contributed by atoms with Crippen molar-refractivity contribution in [1.82, 2.24) is 19.6 Å². The molecule has 2 saturated heterocycles. The van der Waals surface area contributed by atoms with Crippen LogP contribution in [0.25, 0.3) is 0 Å². The molecule has 0 N–H and O–H groups in total. The molecule has 144 valence electrons. The van der Waals surface area contributed by atoms with E-state index in [1.807, 2.05) is 35.0 Å². The summed E-state index contributed by atoms with van der Waals surface area (Å²) in [5, 5.41) is 4.31. The van der Waals surface area contributed by atoms with E-state index in [-0.39, 0.29) is 5.91 Å². The molecule has 2 aliphatic heterocycles. The fourth-order valence-electron chi connectivity index (χ4n) is 4.51. The Hall–Kier alpha value is -2.14. The average Bonchev–Trinajstić information content (AvgIpc) is 3.15. The molecular formula is C22H30N4O. The third-order valence-electron chi connectivity index (χ3n) is 6.09. The number of benzene rings is 1. The van der Waals surface area contributed by atoms with Gasteiger partial charge in [-0.05, 0) is 69.0 Å². The lowest BCUT2D eigenvalue weighted by Gasteiger charge is -2.32. The third-order valence-corrected chi connectivity index (χ3v) is 6.09. The van der Waals surface area contributed by atoms with Gasteiger partial charge >= 0.3 is 0 Å². The first-order valence-electron chi connectivity index (χ1n) is 10.3. The second-order valence-corrected chi connectivity index (χ2v) is 7.98. The number of hydrogen-bond acceptors (Lipinski definition) is 3. The van der Waals surface area contributed by atoms with Gasteiger partial charge in [0, 0.05) is 50.1 Å². The molecule has 5 heteroatoms.